The predicted molar refractivity (Wildman–Crippen MR) is 109 cm³/mol. The van der Waals surface area contributed by atoms with Gasteiger partial charge in [-0.25, -0.2) is 0 Å². The van der Waals surface area contributed by atoms with E-state index < -0.39 is 5.91 Å². The third-order valence-corrected chi connectivity index (χ3v) is 4.64. The number of aromatic amines is 1. The molecule has 0 aliphatic carbocycles. The van der Waals surface area contributed by atoms with E-state index in [4.69, 9.17) is 18.0 Å². The summed E-state index contributed by atoms with van der Waals surface area (Å²) in [5.74, 6) is 0.0838. The summed E-state index contributed by atoms with van der Waals surface area (Å²) in [4.78, 5) is 23.5. The Morgan fingerprint density at radius 1 is 1.21 bits per heavy atom. The molecule has 0 fully saturated rings. The second-order valence-corrected chi connectivity index (χ2v) is 6.85. The maximum Gasteiger partial charge on any atom is 0.248 e. The van der Waals surface area contributed by atoms with Gasteiger partial charge in [-0.3, -0.25) is 19.3 Å². The standard InChI is InChI=1S/C20H21N5O2S/c1-13-5-7-15(8-6-13)19-23-24-20(28)25(19)10-9-17(26)22-12-14-3-2-4-16(11-14)18(21)27/h2-8,11H,9-10,12H2,1H3,(H2,21,27)(H,22,26)(H,24,28). The van der Waals surface area contributed by atoms with Crippen molar-refractivity contribution in [3.8, 4) is 11.4 Å². The van der Waals surface area contributed by atoms with Crippen molar-refractivity contribution < 1.29 is 9.59 Å². The van der Waals surface area contributed by atoms with Crippen LogP contribution in [-0.2, 0) is 17.9 Å². The summed E-state index contributed by atoms with van der Waals surface area (Å²) in [5.41, 5.74) is 8.59. The minimum atomic E-state index is -0.494. The van der Waals surface area contributed by atoms with Crippen LogP contribution in [0.15, 0.2) is 48.5 Å². The summed E-state index contributed by atoms with van der Waals surface area (Å²) in [6, 6.07) is 14.8. The van der Waals surface area contributed by atoms with Crippen LogP contribution in [0, 0.1) is 11.7 Å². The van der Waals surface area contributed by atoms with Crippen LogP contribution in [-0.4, -0.2) is 26.6 Å². The average molecular weight is 395 g/mol. The first kappa shape index (κ1) is 19.5. The van der Waals surface area contributed by atoms with Crippen LogP contribution in [0.4, 0.5) is 0 Å². The molecule has 2 amide bonds. The minimum Gasteiger partial charge on any atom is -0.366 e. The van der Waals surface area contributed by atoms with Gasteiger partial charge in [-0.2, -0.15) is 5.10 Å². The Hall–Kier alpha value is -3.26. The molecule has 0 bridgehead atoms. The fraction of sp³-hybridized carbons (Fsp3) is 0.200. The maximum atomic E-state index is 12.3. The lowest BCUT2D eigenvalue weighted by molar-refractivity contribution is -0.121. The number of aryl methyl sites for hydroxylation is 1. The Balaban J connectivity index is 1.61. The second-order valence-electron chi connectivity index (χ2n) is 6.46. The monoisotopic (exact) mass is 395 g/mol. The number of carbonyl (C=O) groups is 2. The van der Waals surface area contributed by atoms with Crippen LogP contribution in [0.5, 0.6) is 0 Å². The first-order chi connectivity index (χ1) is 13.4. The molecule has 0 aliphatic rings. The number of nitrogens with two attached hydrogens (primary N) is 1. The van der Waals surface area contributed by atoms with E-state index in [0.29, 0.717) is 29.2 Å². The largest absolute Gasteiger partial charge is 0.366 e. The summed E-state index contributed by atoms with van der Waals surface area (Å²) >= 11 is 5.30. The molecule has 3 aromatic rings. The van der Waals surface area contributed by atoms with Gasteiger partial charge >= 0.3 is 0 Å². The highest BCUT2D eigenvalue weighted by Crippen LogP contribution is 2.18. The van der Waals surface area contributed by atoms with E-state index in [1.165, 1.54) is 0 Å². The molecule has 8 heteroatoms. The van der Waals surface area contributed by atoms with Crippen molar-refractivity contribution in [2.24, 2.45) is 5.73 Å². The molecule has 2 aromatic carbocycles. The van der Waals surface area contributed by atoms with Crippen molar-refractivity contribution in [2.45, 2.75) is 26.4 Å². The van der Waals surface area contributed by atoms with E-state index in [1.807, 2.05) is 41.8 Å². The zero-order valence-corrected chi connectivity index (χ0v) is 16.3. The lowest BCUT2D eigenvalue weighted by Gasteiger charge is -2.09. The van der Waals surface area contributed by atoms with Gasteiger partial charge in [0.05, 0.1) is 0 Å². The Bertz CT molecular complexity index is 1050. The first-order valence-corrected chi connectivity index (χ1v) is 9.22. The average Bonchev–Trinajstić information content (AvgIpc) is 3.06. The quantitative estimate of drug-likeness (QED) is 0.535. The summed E-state index contributed by atoms with van der Waals surface area (Å²) in [6.45, 7) is 2.75. The van der Waals surface area contributed by atoms with Crippen LogP contribution >= 0.6 is 12.2 Å². The van der Waals surface area contributed by atoms with Gasteiger partial charge in [0.2, 0.25) is 11.8 Å². The molecular formula is C20H21N5O2S. The Kier molecular flexibility index (Phi) is 6.00. The Labute approximate surface area is 167 Å². The predicted octanol–water partition coefficient (Wildman–Crippen LogP) is 2.72. The summed E-state index contributed by atoms with van der Waals surface area (Å²) in [5, 5.41) is 9.92. The molecule has 0 unspecified atom stereocenters. The molecule has 28 heavy (non-hydrogen) atoms. The zero-order chi connectivity index (χ0) is 20.1. The van der Waals surface area contributed by atoms with E-state index in [2.05, 4.69) is 15.5 Å². The van der Waals surface area contributed by atoms with Gasteiger partial charge in [0.1, 0.15) is 0 Å². The molecule has 4 N–H and O–H groups in total. The third-order valence-electron chi connectivity index (χ3n) is 4.33. The fourth-order valence-electron chi connectivity index (χ4n) is 2.79. The van der Waals surface area contributed by atoms with Gasteiger partial charge in [-0.1, -0.05) is 42.0 Å². The van der Waals surface area contributed by atoms with Gasteiger partial charge in [-0.15, -0.1) is 0 Å². The SMILES string of the molecule is Cc1ccc(-c2n[nH]c(=S)n2CCC(=O)NCc2cccc(C(N)=O)c2)cc1. The van der Waals surface area contributed by atoms with Gasteiger partial charge in [0.25, 0.3) is 0 Å². The normalized spacial score (nSPS) is 10.6. The molecule has 3 rings (SSSR count). The van der Waals surface area contributed by atoms with E-state index in [0.717, 1.165) is 16.7 Å². The smallest absolute Gasteiger partial charge is 0.248 e. The number of rotatable bonds is 7. The number of carbonyl (C=O) groups excluding carboxylic acids is 2. The molecular weight excluding hydrogens is 374 g/mol. The summed E-state index contributed by atoms with van der Waals surface area (Å²) in [7, 11) is 0. The fourth-order valence-corrected chi connectivity index (χ4v) is 3.01. The Morgan fingerprint density at radius 2 is 1.96 bits per heavy atom. The van der Waals surface area contributed by atoms with E-state index in [1.54, 1.807) is 18.2 Å². The van der Waals surface area contributed by atoms with Crippen molar-refractivity contribution in [3.05, 3.63) is 70.0 Å². The number of nitrogens with zero attached hydrogens (tertiary/aromatic N) is 2. The number of hydrogen-bond acceptors (Lipinski definition) is 4. The molecule has 144 valence electrons. The molecule has 1 aromatic heterocycles. The molecule has 0 spiro atoms. The number of H-pyrrole nitrogens is 1. The number of nitrogens with one attached hydrogen (secondary N) is 2. The molecule has 0 atom stereocenters. The van der Waals surface area contributed by atoms with Crippen LogP contribution in [0.1, 0.15) is 27.9 Å². The topological polar surface area (TPSA) is 106 Å². The van der Waals surface area contributed by atoms with Crippen LogP contribution in [0.3, 0.4) is 0 Å². The molecule has 0 radical (unpaired) electrons. The van der Waals surface area contributed by atoms with Crippen molar-refractivity contribution in [1.29, 1.82) is 0 Å². The van der Waals surface area contributed by atoms with Gasteiger partial charge in [0.15, 0.2) is 10.6 Å². The van der Waals surface area contributed by atoms with Crippen LogP contribution in [0.25, 0.3) is 11.4 Å². The summed E-state index contributed by atoms with van der Waals surface area (Å²) in [6.07, 6.45) is 0.252. The van der Waals surface area contributed by atoms with Crippen LogP contribution in [0.2, 0.25) is 0 Å². The number of amides is 2. The summed E-state index contributed by atoms with van der Waals surface area (Å²) < 4.78 is 2.28. The minimum absolute atomic E-state index is 0.123. The highest BCUT2D eigenvalue weighted by Gasteiger charge is 2.11. The van der Waals surface area contributed by atoms with Gasteiger partial charge in [0, 0.05) is 30.6 Å². The molecule has 0 saturated heterocycles. The lowest BCUT2D eigenvalue weighted by Crippen LogP contribution is -2.24. The van der Waals surface area contributed by atoms with E-state index >= 15 is 0 Å². The third kappa shape index (κ3) is 4.72. The number of benzene rings is 2. The maximum absolute atomic E-state index is 12.3. The number of primary amides is 1. The van der Waals surface area contributed by atoms with Crippen LogP contribution < -0.4 is 11.1 Å². The number of aromatic nitrogens is 3. The first-order valence-electron chi connectivity index (χ1n) is 8.82. The lowest BCUT2D eigenvalue weighted by atomic mass is 10.1. The highest BCUT2D eigenvalue weighted by molar-refractivity contribution is 7.71. The van der Waals surface area contributed by atoms with E-state index in [-0.39, 0.29) is 12.3 Å². The van der Waals surface area contributed by atoms with E-state index in [9.17, 15) is 9.59 Å². The van der Waals surface area contributed by atoms with Gasteiger partial charge in [-0.05, 0) is 36.8 Å². The molecule has 0 aliphatic heterocycles. The Morgan fingerprint density at radius 3 is 2.68 bits per heavy atom. The van der Waals surface area contributed by atoms with Gasteiger partial charge < -0.3 is 11.1 Å². The zero-order valence-electron chi connectivity index (χ0n) is 15.4. The van der Waals surface area contributed by atoms with Crippen molar-refractivity contribution in [2.75, 3.05) is 0 Å². The molecule has 1 heterocycles. The molecule has 7 nitrogen and oxygen atoms in total. The van der Waals surface area contributed by atoms with Crippen molar-refractivity contribution in [1.82, 2.24) is 20.1 Å². The number of hydrogen-bond donors (Lipinski definition) is 3. The van der Waals surface area contributed by atoms with Crippen molar-refractivity contribution in [3.63, 3.8) is 0 Å². The highest BCUT2D eigenvalue weighted by atomic mass is 32.1. The van der Waals surface area contributed by atoms with Crippen molar-refractivity contribution >= 4 is 24.0 Å². The molecule has 0 saturated carbocycles. The second kappa shape index (κ2) is 8.62.